The second-order valence-corrected chi connectivity index (χ2v) is 11.9. The van der Waals surface area contributed by atoms with Gasteiger partial charge in [-0.2, -0.15) is 12.7 Å². The van der Waals surface area contributed by atoms with E-state index in [1.807, 2.05) is 6.92 Å². The molecule has 4 N–H and O–H groups in total. The average molecular weight is 513 g/mol. The fourth-order valence-corrected chi connectivity index (χ4v) is 7.58. The molecule has 2 fully saturated rings. The summed E-state index contributed by atoms with van der Waals surface area (Å²) < 4.78 is 24.2. The summed E-state index contributed by atoms with van der Waals surface area (Å²) in [6, 6.07) is 5.25. The van der Waals surface area contributed by atoms with Crippen LogP contribution in [0.5, 0.6) is 0 Å². The molecule has 3 aliphatic heterocycles. The SMILES string of the molecule is C[C@@H](O)[C@H]1C(=O)N2C(C(=O)O)=C(SC3CN(S(N)(=O)=O)C3)[C@](C)(Cc3ccc([N+](=O)[O-])cc3)[C@H]12. The van der Waals surface area contributed by atoms with Crippen LogP contribution in [0, 0.1) is 21.4 Å². The zero-order valence-electron chi connectivity index (χ0n) is 18.3. The molecule has 0 radical (unpaired) electrons. The van der Waals surface area contributed by atoms with Crippen molar-refractivity contribution in [1.82, 2.24) is 9.21 Å². The minimum atomic E-state index is -3.85. The summed E-state index contributed by atoms with van der Waals surface area (Å²) in [6.45, 7) is 3.49. The maximum absolute atomic E-state index is 12.8. The molecule has 0 aromatic heterocycles. The van der Waals surface area contributed by atoms with Crippen molar-refractivity contribution in [3.8, 4) is 0 Å². The van der Waals surface area contributed by atoms with Crippen LogP contribution < -0.4 is 5.14 Å². The smallest absolute Gasteiger partial charge is 0.353 e. The monoisotopic (exact) mass is 512 g/mol. The number of benzene rings is 1. The first-order valence-corrected chi connectivity index (χ1v) is 12.8. The highest BCUT2D eigenvalue weighted by molar-refractivity contribution is 8.04. The number of carboxylic acid groups (broad SMARTS) is 1. The minimum absolute atomic E-state index is 0.0865. The van der Waals surface area contributed by atoms with Gasteiger partial charge in [-0.3, -0.25) is 14.9 Å². The Hall–Kier alpha value is -2.52. The number of fused-ring (bicyclic) bond motifs is 1. The molecule has 34 heavy (non-hydrogen) atoms. The summed E-state index contributed by atoms with van der Waals surface area (Å²) in [5.41, 5.74) is -0.486. The van der Waals surface area contributed by atoms with Gasteiger partial charge < -0.3 is 15.1 Å². The summed E-state index contributed by atoms with van der Waals surface area (Å²) in [6.07, 6.45) is -0.751. The number of carbonyl (C=O) groups excluding carboxylic acids is 1. The molecule has 1 aromatic rings. The topological polar surface area (TPSA) is 184 Å². The Kier molecular flexibility index (Phi) is 6.01. The molecule has 12 nitrogen and oxygen atoms in total. The van der Waals surface area contributed by atoms with Gasteiger partial charge in [-0.05, 0) is 18.9 Å². The number of carbonyl (C=O) groups is 2. The van der Waals surface area contributed by atoms with Crippen LogP contribution in [0.3, 0.4) is 0 Å². The molecule has 0 aliphatic carbocycles. The lowest BCUT2D eigenvalue weighted by Crippen LogP contribution is -2.66. The van der Waals surface area contributed by atoms with Crippen LogP contribution in [0.1, 0.15) is 19.4 Å². The van der Waals surface area contributed by atoms with Gasteiger partial charge in [0.15, 0.2) is 0 Å². The van der Waals surface area contributed by atoms with Gasteiger partial charge in [0.05, 0.1) is 23.0 Å². The van der Waals surface area contributed by atoms with Gasteiger partial charge >= 0.3 is 5.97 Å². The zero-order chi connectivity index (χ0) is 25.2. The van der Waals surface area contributed by atoms with Crippen molar-refractivity contribution in [3.05, 3.63) is 50.5 Å². The Balaban J connectivity index is 1.72. The molecule has 184 valence electrons. The standard InChI is InChI=1S/C20H24N4O8S2/c1-10(25)14-16-20(2,7-11-3-5-12(6-4-11)24(29)30)17(15(19(27)28)23(16)18(14)26)33-13-8-22(9-13)34(21,31)32/h3-6,10,13-14,16,25H,7-9H2,1-2H3,(H,27,28)(H2,21,31,32)/t10-,14-,16+,20-/m1/s1. The number of aliphatic hydroxyl groups is 1. The predicted molar refractivity (Wildman–Crippen MR) is 121 cm³/mol. The van der Waals surface area contributed by atoms with Crippen molar-refractivity contribution >= 4 is 39.5 Å². The second kappa shape index (κ2) is 8.30. The number of hydrogen-bond acceptors (Lipinski definition) is 8. The fourth-order valence-electron chi connectivity index (χ4n) is 5.01. The number of nitro groups is 1. The highest BCUT2D eigenvalue weighted by atomic mass is 32.2. The first-order valence-electron chi connectivity index (χ1n) is 10.4. The summed E-state index contributed by atoms with van der Waals surface area (Å²) >= 11 is 1.20. The van der Waals surface area contributed by atoms with E-state index in [0.717, 1.165) is 4.31 Å². The number of aliphatic carboxylic acids is 1. The van der Waals surface area contributed by atoms with E-state index in [0.29, 0.717) is 10.5 Å². The van der Waals surface area contributed by atoms with Crippen LogP contribution in [0.15, 0.2) is 34.9 Å². The molecule has 0 spiro atoms. The number of carboxylic acids is 1. The second-order valence-electron chi connectivity index (χ2n) is 9.02. The van der Waals surface area contributed by atoms with Crippen molar-refractivity contribution in [2.75, 3.05) is 13.1 Å². The average Bonchev–Trinajstić information content (AvgIpc) is 2.88. The number of hydrogen-bond donors (Lipinski definition) is 3. The summed E-state index contributed by atoms with van der Waals surface area (Å²) in [4.78, 5) is 37.2. The Morgan fingerprint density at radius 2 is 1.94 bits per heavy atom. The molecule has 4 rings (SSSR count). The first kappa shape index (κ1) is 24.6. The van der Waals surface area contributed by atoms with Gasteiger partial charge in [-0.25, -0.2) is 9.93 Å². The van der Waals surface area contributed by atoms with E-state index in [9.17, 15) is 38.3 Å². The third kappa shape index (κ3) is 3.88. The highest BCUT2D eigenvalue weighted by Crippen LogP contribution is 2.59. The van der Waals surface area contributed by atoms with Crippen LogP contribution in [-0.4, -0.2) is 75.1 Å². The first-order chi connectivity index (χ1) is 15.8. The zero-order valence-corrected chi connectivity index (χ0v) is 20.0. The Bertz CT molecular complexity index is 1190. The molecule has 0 saturated carbocycles. The van der Waals surface area contributed by atoms with Crippen LogP contribution in [0.2, 0.25) is 0 Å². The fraction of sp³-hybridized carbons (Fsp3) is 0.500. The molecular weight excluding hydrogens is 488 g/mol. The summed E-state index contributed by atoms with van der Waals surface area (Å²) in [5, 5.41) is 36.2. The normalized spacial score (nSPS) is 28.4. The third-order valence-corrected chi connectivity index (χ3v) is 9.21. The molecule has 3 heterocycles. The Labute approximate surface area is 199 Å². The molecule has 1 aromatic carbocycles. The van der Waals surface area contributed by atoms with Crippen molar-refractivity contribution in [2.45, 2.75) is 37.7 Å². The molecule has 14 heteroatoms. The quantitative estimate of drug-likeness (QED) is 0.250. The lowest BCUT2D eigenvalue weighted by atomic mass is 9.67. The van der Waals surface area contributed by atoms with Crippen molar-refractivity contribution < 1.29 is 33.1 Å². The number of rotatable bonds is 8. The molecule has 0 unspecified atom stereocenters. The molecule has 2 saturated heterocycles. The van der Waals surface area contributed by atoms with E-state index in [2.05, 4.69) is 0 Å². The molecule has 4 atom stereocenters. The number of nitrogens with two attached hydrogens (primary N) is 1. The van der Waals surface area contributed by atoms with Gasteiger partial charge in [0.1, 0.15) is 5.70 Å². The van der Waals surface area contributed by atoms with E-state index in [4.69, 9.17) is 5.14 Å². The van der Waals surface area contributed by atoms with E-state index in [-0.39, 0.29) is 36.1 Å². The molecule has 1 amide bonds. The third-order valence-electron chi connectivity index (χ3n) is 6.67. The van der Waals surface area contributed by atoms with Gasteiger partial charge in [0, 0.05) is 40.8 Å². The summed E-state index contributed by atoms with van der Waals surface area (Å²) in [7, 11) is -3.85. The Morgan fingerprint density at radius 1 is 1.35 bits per heavy atom. The molecule has 3 aliphatic rings. The number of nitro benzene ring substituents is 1. The number of amides is 1. The maximum atomic E-state index is 12.8. The van der Waals surface area contributed by atoms with Crippen molar-refractivity contribution in [2.24, 2.45) is 16.5 Å². The minimum Gasteiger partial charge on any atom is -0.477 e. The van der Waals surface area contributed by atoms with E-state index in [1.54, 1.807) is 12.1 Å². The van der Waals surface area contributed by atoms with E-state index >= 15 is 0 Å². The van der Waals surface area contributed by atoms with Gasteiger partial charge in [-0.15, -0.1) is 11.8 Å². The lowest BCUT2D eigenvalue weighted by molar-refractivity contribution is -0.384. The van der Waals surface area contributed by atoms with Crippen LogP contribution in [0.4, 0.5) is 5.69 Å². The lowest BCUT2D eigenvalue weighted by Gasteiger charge is -2.51. The molecule has 0 bridgehead atoms. The van der Waals surface area contributed by atoms with E-state index < -0.39 is 50.5 Å². The summed E-state index contributed by atoms with van der Waals surface area (Å²) in [5.74, 6) is -2.58. The van der Waals surface area contributed by atoms with Gasteiger partial charge in [0.2, 0.25) is 5.91 Å². The number of nitrogens with zero attached hydrogens (tertiary/aromatic N) is 3. The van der Waals surface area contributed by atoms with Crippen LogP contribution in [-0.2, 0) is 26.2 Å². The van der Waals surface area contributed by atoms with Crippen molar-refractivity contribution in [1.29, 1.82) is 0 Å². The van der Waals surface area contributed by atoms with Crippen LogP contribution in [0.25, 0.3) is 0 Å². The van der Waals surface area contributed by atoms with Crippen LogP contribution >= 0.6 is 11.8 Å². The number of thioether (sulfide) groups is 1. The largest absolute Gasteiger partial charge is 0.477 e. The molecular formula is C20H24N4O8S2. The maximum Gasteiger partial charge on any atom is 0.353 e. The van der Waals surface area contributed by atoms with E-state index in [1.165, 1.54) is 35.7 Å². The highest BCUT2D eigenvalue weighted by Gasteiger charge is 2.66. The van der Waals surface area contributed by atoms with Crippen molar-refractivity contribution in [3.63, 3.8) is 0 Å². The number of aliphatic hydroxyl groups excluding tert-OH is 1. The number of non-ortho nitro benzene ring substituents is 1. The number of β-lactam (4-membered cyclic amide) rings is 1. The predicted octanol–water partition coefficient (Wildman–Crippen LogP) is 0.282. The Morgan fingerprint density at radius 3 is 2.41 bits per heavy atom. The van der Waals surface area contributed by atoms with Gasteiger partial charge in [0.25, 0.3) is 15.9 Å². The van der Waals surface area contributed by atoms with Gasteiger partial charge in [-0.1, -0.05) is 19.1 Å².